The van der Waals surface area contributed by atoms with Crippen LogP contribution in [-0.2, 0) is 5.60 Å². The highest BCUT2D eigenvalue weighted by Gasteiger charge is 2.41. The van der Waals surface area contributed by atoms with Crippen LogP contribution in [0.2, 0.25) is 0 Å². The quantitative estimate of drug-likeness (QED) is 0.892. The van der Waals surface area contributed by atoms with E-state index in [2.05, 4.69) is 24.0 Å². The number of aryl methyl sites for hydroxylation is 1. The van der Waals surface area contributed by atoms with Gasteiger partial charge in [-0.25, -0.2) is 0 Å². The molecule has 1 saturated carbocycles. The highest BCUT2D eigenvalue weighted by Crippen LogP contribution is 2.41. The molecule has 1 aliphatic rings. The van der Waals surface area contributed by atoms with Crippen LogP contribution in [-0.4, -0.2) is 35.6 Å². The first kappa shape index (κ1) is 13.5. The van der Waals surface area contributed by atoms with E-state index < -0.39 is 5.60 Å². The van der Waals surface area contributed by atoms with Crippen LogP contribution in [0.25, 0.3) is 0 Å². The van der Waals surface area contributed by atoms with Gasteiger partial charge in [0.15, 0.2) is 0 Å². The largest absolute Gasteiger partial charge is 0.383 e. The Bertz CT molecular complexity index is 388. The lowest BCUT2D eigenvalue weighted by Gasteiger charge is -2.40. The van der Waals surface area contributed by atoms with E-state index in [1.165, 1.54) is 6.42 Å². The zero-order chi connectivity index (χ0) is 13.2. The summed E-state index contributed by atoms with van der Waals surface area (Å²) in [5.74, 6) is 0.288. The van der Waals surface area contributed by atoms with Crippen LogP contribution in [0, 0.1) is 12.8 Å². The second-order valence-corrected chi connectivity index (χ2v) is 5.85. The minimum atomic E-state index is -0.740. The van der Waals surface area contributed by atoms with E-state index in [0.29, 0.717) is 0 Å². The van der Waals surface area contributed by atoms with E-state index in [4.69, 9.17) is 0 Å². The number of nitrogens with zero attached hydrogens (tertiary/aromatic N) is 2. The normalized spacial score (nSPS) is 28.6. The van der Waals surface area contributed by atoms with Crippen LogP contribution in [0.5, 0.6) is 0 Å². The van der Waals surface area contributed by atoms with E-state index in [1.54, 1.807) is 0 Å². The first-order chi connectivity index (χ1) is 8.52. The van der Waals surface area contributed by atoms with Gasteiger partial charge in [-0.3, -0.25) is 4.98 Å². The van der Waals surface area contributed by atoms with E-state index in [-0.39, 0.29) is 5.92 Å². The van der Waals surface area contributed by atoms with Gasteiger partial charge in [0.2, 0.25) is 0 Å². The minimum absolute atomic E-state index is 0.288. The van der Waals surface area contributed by atoms with Crippen molar-refractivity contribution in [1.29, 1.82) is 0 Å². The molecule has 1 aromatic rings. The fourth-order valence-electron chi connectivity index (χ4n) is 2.97. The van der Waals surface area contributed by atoms with Crippen LogP contribution < -0.4 is 0 Å². The number of pyridine rings is 1. The van der Waals surface area contributed by atoms with Crippen LogP contribution in [0.4, 0.5) is 0 Å². The second-order valence-electron chi connectivity index (χ2n) is 5.85. The first-order valence-electron chi connectivity index (χ1n) is 6.82. The number of aromatic nitrogens is 1. The molecule has 2 atom stereocenters. The maximum atomic E-state index is 11.1. The molecule has 1 fully saturated rings. The molecule has 0 amide bonds. The van der Waals surface area contributed by atoms with Crippen molar-refractivity contribution < 1.29 is 5.11 Å². The third-order valence-corrected chi connectivity index (χ3v) is 3.98. The minimum Gasteiger partial charge on any atom is -0.383 e. The maximum Gasteiger partial charge on any atom is 0.110 e. The van der Waals surface area contributed by atoms with Gasteiger partial charge in [0.05, 0.1) is 5.69 Å². The van der Waals surface area contributed by atoms with Gasteiger partial charge in [-0.2, -0.15) is 0 Å². The molecule has 18 heavy (non-hydrogen) atoms. The molecule has 0 bridgehead atoms. The van der Waals surface area contributed by atoms with Crippen molar-refractivity contribution in [3.8, 4) is 0 Å². The lowest BCUT2D eigenvalue weighted by atomic mass is 9.73. The van der Waals surface area contributed by atoms with Crippen LogP contribution in [0.3, 0.4) is 0 Å². The van der Waals surface area contributed by atoms with Gasteiger partial charge in [0.25, 0.3) is 0 Å². The predicted octanol–water partition coefficient (Wildman–Crippen LogP) is 2.33. The summed E-state index contributed by atoms with van der Waals surface area (Å²) in [4.78, 5) is 6.62. The Kier molecular flexibility index (Phi) is 4.03. The van der Waals surface area contributed by atoms with Crippen molar-refractivity contribution in [2.75, 3.05) is 20.6 Å². The summed E-state index contributed by atoms with van der Waals surface area (Å²) in [5.41, 5.74) is 1.25. The van der Waals surface area contributed by atoms with Gasteiger partial charge < -0.3 is 10.0 Å². The molecule has 0 saturated heterocycles. The number of hydrogen-bond donors (Lipinski definition) is 1. The molecule has 0 radical (unpaired) electrons. The smallest absolute Gasteiger partial charge is 0.110 e. The summed E-state index contributed by atoms with van der Waals surface area (Å²) < 4.78 is 0. The molecule has 1 aliphatic carbocycles. The summed E-state index contributed by atoms with van der Waals surface area (Å²) in [5, 5.41) is 11.1. The summed E-state index contributed by atoms with van der Waals surface area (Å²) in [6.07, 6.45) is 6.09. The van der Waals surface area contributed by atoms with E-state index >= 15 is 0 Å². The zero-order valence-corrected chi connectivity index (χ0v) is 11.7. The van der Waals surface area contributed by atoms with E-state index in [0.717, 1.165) is 37.1 Å². The van der Waals surface area contributed by atoms with E-state index in [1.807, 2.05) is 25.3 Å². The summed E-state index contributed by atoms with van der Waals surface area (Å²) in [7, 11) is 4.13. The van der Waals surface area contributed by atoms with Gasteiger partial charge in [-0.05, 0) is 45.5 Å². The third kappa shape index (κ3) is 2.73. The highest BCUT2D eigenvalue weighted by molar-refractivity contribution is 5.19. The Morgan fingerprint density at radius 3 is 2.78 bits per heavy atom. The lowest BCUT2D eigenvalue weighted by Crippen LogP contribution is -2.43. The van der Waals surface area contributed by atoms with Crippen molar-refractivity contribution in [3.05, 3.63) is 29.6 Å². The van der Waals surface area contributed by atoms with Crippen LogP contribution in [0.15, 0.2) is 18.3 Å². The molecule has 1 aromatic heterocycles. The molecule has 0 aliphatic heterocycles. The Labute approximate surface area is 110 Å². The topological polar surface area (TPSA) is 36.4 Å². The summed E-state index contributed by atoms with van der Waals surface area (Å²) in [6.45, 7) is 2.95. The van der Waals surface area contributed by atoms with Crippen molar-refractivity contribution in [1.82, 2.24) is 9.88 Å². The Hall–Kier alpha value is -0.930. The van der Waals surface area contributed by atoms with Crippen molar-refractivity contribution >= 4 is 0 Å². The first-order valence-corrected chi connectivity index (χ1v) is 6.82. The average molecular weight is 248 g/mol. The molecule has 100 valence electrons. The third-order valence-electron chi connectivity index (χ3n) is 3.98. The Morgan fingerprint density at radius 1 is 1.39 bits per heavy atom. The second kappa shape index (κ2) is 5.37. The Balaban J connectivity index is 2.26. The van der Waals surface area contributed by atoms with Gasteiger partial charge in [-0.1, -0.05) is 18.9 Å². The van der Waals surface area contributed by atoms with Gasteiger partial charge in [-0.15, -0.1) is 0 Å². The van der Waals surface area contributed by atoms with E-state index in [9.17, 15) is 5.11 Å². The van der Waals surface area contributed by atoms with Crippen LogP contribution in [0.1, 0.15) is 36.9 Å². The molecular formula is C15H24N2O. The fourth-order valence-corrected chi connectivity index (χ4v) is 2.97. The molecule has 1 N–H and O–H groups in total. The molecule has 0 spiro atoms. The number of aliphatic hydroxyl groups is 1. The number of hydrogen-bond acceptors (Lipinski definition) is 3. The molecule has 2 unspecified atom stereocenters. The standard InChI is InChI=1S/C15H24N2O/c1-12-7-8-14(16-10-12)15(18)9-5-4-6-13(15)11-17(2)3/h7-8,10,13,18H,4-6,9,11H2,1-3H3. The van der Waals surface area contributed by atoms with Crippen molar-refractivity contribution in [3.63, 3.8) is 0 Å². The van der Waals surface area contributed by atoms with Crippen molar-refractivity contribution in [2.45, 2.75) is 38.2 Å². The summed E-state index contributed by atoms with van der Waals surface area (Å²) in [6, 6.07) is 4.03. The zero-order valence-electron chi connectivity index (χ0n) is 11.7. The molecule has 3 heteroatoms. The molecule has 2 rings (SSSR count). The predicted molar refractivity (Wildman–Crippen MR) is 73.4 cm³/mol. The van der Waals surface area contributed by atoms with Gasteiger partial charge in [0, 0.05) is 18.7 Å². The van der Waals surface area contributed by atoms with Gasteiger partial charge >= 0.3 is 0 Å². The number of rotatable bonds is 3. The van der Waals surface area contributed by atoms with Gasteiger partial charge in [0.1, 0.15) is 5.60 Å². The maximum absolute atomic E-state index is 11.1. The SMILES string of the molecule is Cc1ccc(C2(O)CCCCC2CN(C)C)nc1. The fraction of sp³-hybridized carbons (Fsp3) is 0.667. The van der Waals surface area contributed by atoms with Crippen LogP contribution >= 0.6 is 0 Å². The Morgan fingerprint density at radius 2 is 2.17 bits per heavy atom. The monoisotopic (exact) mass is 248 g/mol. The molecular weight excluding hydrogens is 224 g/mol. The molecule has 1 heterocycles. The summed E-state index contributed by atoms with van der Waals surface area (Å²) >= 11 is 0. The van der Waals surface area contributed by atoms with Crippen molar-refractivity contribution in [2.24, 2.45) is 5.92 Å². The lowest BCUT2D eigenvalue weighted by molar-refractivity contribution is -0.0652. The highest BCUT2D eigenvalue weighted by atomic mass is 16.3. The average Bonchev–Trinajstić information content (AvgIpc) is 2.32. The molecule has 3 nitrogen and oxygen atoms in total. The molecule has 0 aromatic carbocycles.